The molecule has 0 spiro atoms. The van der Waals surface area contributed by atoms with E-state index in [1.54, 1.807) is 19.2 Å². The maximum Gasteiger partial charge on any atom is 0.274 e. The molecule has 0 aliphatic heterocycles. The molecule has 0 radical (unpaired) electrons. The van der Waals surface area contributed by atoms with E-state index in [4.69, 9.17) is 23.2 Å². The number of benzene rings is 1. The lowest BCUT2D eigenvalue weighted by molar-refractivity contribution is 0.0776. The predicted molar refractivity (Wildman–Crippen MR) is 91.0 cm³/mol. The molecule has 23 heavy (non-hydrogen) atoms. The summed E-state index contributed by atoms with van der Waals surface area (Å²) in [6.07, 6.45) is 0.768. The van der Waals surface area contributed by atoms with Crippen LogP contribution in [-0.4, -0.2) is 27.6 Å². The summed E-state index contributed by atoms with van der Waals surface area (Å²) in [7, 11) is 1.67. The highest BCUT2D eigenvalue weighted by Crippen LogP contribution is 2.23. The molecule has 0 aliphatic rings. The van der Waals surface area contributed by atoms with E-state index in [1.165, 1.54) is 21.7 Å². The summed E-state index contributed by atoms with van der Waals surface area (Å²) in [6, 6.07) is 8.03. The number of rotatable bonds is 5. The number of amides is 1. The Hall–Kier alpha value is -1.85. The standard InChI is InChI=1S/C16H17Cl2N3O2/c1-3-8-21-15(22)7-6-14(19-21)16(23)20(2)10-11-4-5-12(17)13(18)9-11/h4-7,9H,3,8,10H2,1-2H3. The minimum atomic E-state index is -0.263. The quantitative estimate of drug-likeness (QED) is 0.828. The molecule has 2 aromatic rings. The van der Waals surface area contributed by atoms with E-state index in [2.05, 4.69) is 5.10 Å². The molecule has 2 rings (SSSR count). The van der Waals surface area contributed by atoms with E-state index in [0.717, 1.165) is 12.0 Å². The zero-order valence-electron chi connectivity index (χ0n) is 12.9. The second-order valence-corrected chi connectivity index (χ2v) is 6.00. The second-order valence-electron chi connectivity index (χ2n) is 5.19. The molecule has 7 heteroatoms. The maximum atomic E-state index is 12.5. The first-order valence-corrected chi connectivity index (χ1v) is 7.95. The molecular weight excluding hydrogens is 337 g/mol. The van der Waals surface area contributed by atoms with Gasteiger partial charge in [-0.3, -0.25) is 9.59 Å². The molecule has 1 aromatic carbocycles. The molecule has 1 heterocycles. The van der Waals surface area contributed by atoms with Gasteiger partial charge >= 0.3 is 0 Å². The third kappa shape index (κ3) is 4.33. The molecular formula is C16H17Cl2N3O2. The molecule has 0 bridgehead atoms. The minimum Gasteiger partial charge on any atom is -0.336 e. The van der Waals surface area contributed by atoms with E-state index in [1.807, 2.05) is 13.0 Å². The van der Waals surface area contributed by atoms with Crippen molar-refractivity contribution in [2.75, 3.05) is 7.05 Å². The van der Waals surface area contributed by atoms with Crippen LogP contribution < -0.4 is 5.56 Å². The Morgan fingerprint density at radius 3 is 2.61 bits per heavy atom. The number of nitrogens with zero attached hydrogens (tertiary/aromatic N) is 3. The van der Waals surface area contributed by atoms with Crippen LogP contribution in [0.5, 0.6) is 0 Å². The fourth-order valence-electron chi connectivity index (χ4n) is 2.11. The van der Waals surface area contributed by atoms with Crippen LogP contribution in [-0.2, 0) is 13.1 Å². The van der Waals surface area contributed by atoms with Gasteiger partial charge in [0.2, 0.25) is 0 Å². The first-order chi connectivity index (χ1) is 10.9. The zero-order chi connectivity index (χ0) is 17.0. The largest absolute Gasteiger partial charge is 0.336 e. The van der Waals surface area contributed by atoms with E-state index < -0.39 is 0 Å². The summed E-state index contributed by atoms with van der Waals surface area (Å²) in [6.45, 7) is 2.79. The van der Waals surface area contributed by atoms with Gasteiger partial charge in [0.1, 0.15) is 5.69 Å². The summed E-state index contributed by atoms with van der Waals surface area (Å²) in [4.78, 5) is 25.6. The van der Waals surface area contributed by atoms with Crippen LogP contribution >= 0.6 is 23.2 Å². The van der Waals surface area contributed by atoms with Gasteiger partial charge in [0, 0.05) is 26.2 Å². The van der Waals surface area contributed by atoms with Crippen molar-refractivity contribution in [2.45, 2.75) is 26.4 Å². The van der Waals surface area contributed by atoms with Crippen molar-refractivity contribution in [2.24, 2.45) is 0 Å². The highest BCUT2D eigenvalue weighted by molar-refractivity contribution is 6.42. The van der Waals surface area contributed by atoms with Gasteiger partial charge in [0.15, 0.2) is 0 Å². The van der Waals surface area contributed by atoms with Gasteiger partial charge in [-0.1, -0.05) is 36.2 Å². The smallest absolute Gasteiger partial charge is 0.274 e. The van der Waals surface area contributed by atoms with Crippen LogP contribution in [0, 0.1) is 0 Å². The van der Waals surface area contributed by atoms with Crippen molar-refractivity contribution in [3.05, 3.63) is 62.0 Å². The summed E-state index contributed by atoms with van der Waals surface area (Å²) >= 11 is 11.9. The Labute approximate surface area is 144 Å². The Morgan fingerprint density at radius 1 is 1.22 bits per heavy atom. The van der Waals surface area contributed by atoms with Gasteiger partial charge in [-0.05, 0) is 30.2 Å². The predicted octanol–water partition coefficient (Wildman–Crippen LogP) is 3.23. The summed E-state index contributed by atoms with van der Waals surface area (Å²) in [5.41, 5.74) is 0.883. The van der Waals surface area contributed by atoms with Crippen molar-refractivity contribution < 1.29 is 4.79 Å². The second kappa shape index (κ2) is 7.62. The van der Waals surface area contributed by atoms with E-state index in [0.29, 0.717) is 23.1 Å². The molecule has 1 aromatic heterocycles. The topological polar surface area (TPSA) is 55.2 Å². The van der Waals surface area contributed by atoms with Crippen LogP contribution in [0.2, 0.25) is 10.0 Å². The van der Waals surface area contributed by atoms with Gasteiger partial charge in [-0.2, -0.15) is 5.10 Å². The average Bonchev–Trinajstić information content (AvgIpc) is 2.52. The number of halogens is 2. The Balaban J connectivity index is 2.17. The molecule has 0 unspecified atom stereocenters. The molecule has 0 saturated heterocycles. The lowest BCUT2D eigenvalue weighted by atomic mass is 10.2. The number of hydrogen-bond donors (Lipinski definition) is 0. The lowest BCUT2D eigenvalue weighted by Crippen LogP contribution is -2.31. The van der Waals surface area contributed by atoms with E-state index >= 15 is 0 Å². The highest BCUT2D eigenvalue weighted by atomic mass is 35.5. The molecule has 0 N–H and O–H groups in total. The van der Waals surface area contributed by atoms with Crippen molar-refractivity contribution in [3.8, 4) is 0 Å². The van der Waals surface area contributed by atoms with Gasteiger partial charge in [0.25, 0.3) is 11.5 Å². The molecule has 0 saturated carbocycles. The van der Waals surface area contributed by atoms with Crippen LogP contribution in [0.4, 0.5) is 0 Å². The fourth-order valence-corrected chi connectivity index (χ4v) is 2.43. The van der Waals surface area contributed by atoms with Crippen molar-refractivity contribution in [3.63, 3.8) is 0 Å². The van der Waals surface area contributed by atoms with Gasteiger partial charge in [0.05, 0.1) is 10.0 Å². The molecule has 0 aliphatic carbocycles. The highest BCUT2D eigenvalue weighted by Gasteiger charge is 2.15. The number of aromatic nitrogens is 2. The van der Waals surface area contributed by atoms with E-state index in [-0.39, 0.29) is 17.2 Å². The summed E-state index contributed by atoms with van der Waals surface area (Å²) in [5.74, 6) is -0.263. The number of aryl methyl sites for hydroxylation is 1. The molecule has 0 fully saturated rings. The van der Waals surface area contributed by atoms with Gasteiger partial charge in [-0.15, -0.1) is 0 Å². The Kier molecular flexibility index (Phi) is 5.80. The van der Waals surface area contributed by atoms with Crippen LogP contribution in [0.15, 0.2) is 35.1 Å². The number of carbonyl (C=O) groups excluding carboxylic acids is 1. The molecule has 1 amide bonds. The van der Waals surface area contributed by atoms with Crippen LogP contribution in [0.3, 0.4) is 0 Å². The first-order valence-electron chi connectivity index (χ1n) is 7.20. The minimum absolute atomic E-state index is 0.212. The fraction of sp³-hybridized carbons (Fsp3) is 0.312. The Bertz CT molecular complexity index is 774. The normalized spacial score (nSPS) is 10.6. The summed E-state index contributed by atoms with van der Waals surface area (Å²) in [5, 5.41) is 5.04. The van der Waals surface area contributed by atoms with Crippen molar-refractivity contribution in [1.82, 2.24) is 14.7 Å². The van der Waals surface area contributed by atoms with E-state index in [9.17, 15) is 9.59 Å². The third-order valence-electron chi connectivity index (χ3n) is 3.27. The van der Waals surface area contributed by atoms with Crippen molar-refractivity contribution >= 4 is 29.1 Å². The number of carbonyl (C=O) groups is 1. The lowest BCUT2D eigenvalue weighted by Gasteiger charge is -2.17. The van der Waals surface area contributed by atoms with Gasteiger partial charge in [-0.25, -0.2) is 4.68 Å². The SMILES string of the molecule is CCCn1nc(C(=O)N(C)Cc2ccc(Cl)c(Cl)c2)ccc1=O. The monoisotopic (exact) mass is 353 g/mol. The zero-order valence-corrected chi connectivity index (χ0v) is 14.4. The van der Waals surface area contributed by atoms with Gasteiger partial charge < -0.3 is 4.90 Å². The first kappa shape index (κ1) is 17.5. The molecule has 5 nitrogen and oxygen atoms in total. The van der Waals surface area contributed by atoms with Crippen molar-refractivity contribution in [1.29, 1.82) is 0 Å². The molecule has 122 valence electrons. The number of hydrogen-bond acceptors (Lipinski definition) is 3. The molecule has 0 atom stereocenters. The third-order valence-corrected chi connectivity index (χ3v) is 4.01. The maximum absolute atomic E-state index is 12.5. The summed E-state index contributed by atoms with van der Waals surface area (Å²) < 4.78 is 1.31. The van der Waals surface area contributed by atoms with Crippen LogP contribution in [0.25, 0.3) is 0 Å². The van der Waals surface area contributed by atoms with Crippen LogP contribution in [0.1, 0.15) is 29.4 Å². The Morgan fingerprint density at radius 2 is 1.96 bits per heavy atom. The average molecular weight is 354 g/mol.